The monoisotopic (exact) mass is 133 g/mol. The molecule has 0 heterocycles. The third kappa shape index (κ3) is 1.61. The summed E-state index contributed by atoms with van der Waals surface area (Å²) in [6, 6.07) is 10.1. The molecule has 0 amide bonds. The second-order valence-corrected chi connectivity index (χ2v) is 3.09. The summed E-state index contributed by atoms with van der Waals surface area (Å²) in [7, 11) is 2.00. The second-order valence-electron chi connectivity index (χ2n) is 3.09. The van der Waals surface area contributed by atoms with Crippen molar-refractivity contribution in [3.8, 4) is 0 Å². The average Bonchev–Trinajstić information content (AvgIpc) is 1.88. The second kappa shape index (κ2) is 2.47. The topological polar surface area (TPSA) is 26.0 Å². The molecule has 2 N–H and O–H groups in total. The van der Waals surface area contributed by atoms with Crippen molar-refractivity contribution in [2.45, 2.75) is 12.4 Å². The first kappa shape index (κ1) is 7.35. The van der Waals surface area contributed by atoms with Crippen molar-refractivity contribution in [2.75, 3.05) is 0 Å². The molecule has 1 aromatic rings. The SMILES string of the molecule is BC(C)(N)c1ccccc1. The molecule has 1 rings (SSSR count). The molecule has 1 aromatic carbocycles. The Kier molecular flexibility index (Phi) is 1.81. The van der Waals surface area contributed by atoms with Gasteiger partial charge in [0.05, 0.1) is 0 Å². The summed E-state index contributed by atoms with van der Waals surface area (Å²) < 4.78 is 0. The summed E-state index contributed by atoms with van der Waals surface area (Å²) in [6.07, 6.45) is 0. The molecular formula is C8H12BN. The molecule has 1 unspecified atom stereocenters. The van der Waals surface area contributed by atoms with Crippen molar-refractivity contribution in [3.63, 3.8) is 0 Å². The van der Waals surface area contributed by atoms with Crippen molar-refractivity contribution in [1.29, 1.82) is 0 Å². The van der Waals surface area contributed by atoms with Gasteiger partial charge in [-0.15, -0.1) is 0 Å². The first-order valence-electron chi connectivity index (χ1n) is 3.45. The van der Waals surface area contributed by atoms with E-state index in [0.717, 1.165) is 0 Å². The van der Waals surface area contributed by atoms with E-state index in [2.05, 4.69) is 0 Å². The van der Waals surface area contributed by atoms with Gasteiger partial charge in [-0.2, -0.15) is 0 Å². The van der Waals surface area contributed by atoms with E-state index in [4.69, 9.17) is 5.73 Å². The number of rotatable bonds is 1. The Morgan fingerprint density at radius 3 is 2.10 bits per heavy atom. The zero-order chi connectivity index (χ0) is 7.61. The highest BCUT2D eigenvalue weighted by Gasteiger charge is 2.11. The van der Waals surface area contributed by atoms with Crippen LogP contribution in [0.1, 0.15) is 12.5 Å². The summed E-state index contributed by atoms with van der Waals surface area (Å²) in [5.41, 5.74) is 6.83. The lowest BCUT2D eigenvalue weighted by molar-refractivity contribution is 0.719. The van der Waals surface area contributed by atoms with Crippen LogP contribution in [0, 0.1) is 0 Å². The summed E-state index contributed by atoms with van der Waals surface area (Å²) in [4.78, 5) is 0. The molecule has 10 heavy (non-hydrogen) atoms. The molecule has 0 bridgehead atoms. The molecular weight excluding hydrogens is 121 g/mol. The minimum absolute atomic E-state index is 0.207. The maximum Gasteiger partial charge on any atom is 0.132 e. The van der Waals surface area contributed by atoms with Crippen LogP contribution in [0.15, 0.2) is 30.3 Å². The predicted octanol–water partition coefficient (Wildman–Crippen LogP) is 0.451. The fourth-order valence-electron chi connectivity index (χ4n) is 0.868. The number of nitrogens with two attached hydrogens (primary N) is 1. The Labute approximate surface area is 62.7 Å². The molecule has 0 aliphatic carbocycles. The summed E-state index contributed by atoms with van der Waals surface area (Å²) in [5, 5.41) is 0. The fourth-order valence-corrected chi connectivity index (χ4v) is 0.868. The van der Waals surface area contributed by atoms with Crippen molar-refractivity contribution in [3.05, 3.63) is 35.9 Å². The number of benzene rings is 1. The lowest BCUT2D eigenvalue weighted by Crippen LogP contribution is -2.32. The van der Waals surface area contributed by atoms with Crippen molar-refractivity contribution in [2.24, 2.45) is 5.73 Å². The van der Waals surface area contributed by atoms with E-state index >= 15 is 0 Å². The minimum Gasteiger partial charge on any atom is -0.329 e. The van der Waals surface area contributed by atoms with Gasteiger partial charge >= 0.3 is 0 Å². The maximum absolute atomic E-state index is 5.86. The van der Waals surface area contributed by atoms with Crippen LogP contribution in [0.4, 0.5) is 0 Å². The molecule has 2 heteroatoms. The first-order chi connectivity index (χ1) is 4.61. The molecule has 0 aliphatic rings. The van der Waals surface area contributed by atoms with E-state index in [9.17, 15) is 0 Å². The minimum atomic E-state index is -0.207. The molecule has 0 radical (unpaired) electrons. The standard InChI is InChI=1S/C8H12BN/c1-8(9,10)7-5-3-2-4-6-7/h2-6H,9-10H2,1H3. The highest BCUT2D eigenvalue weighted by Crippen LogP contribution is 2.11. The largest absolute Gasteiger partial charge is 0.329 e. The molecule has 0 saturated carbocycles. The van der Waals surface area contributed by atoms with Gasteiger partial charge in [0.15, 0.2) is 0 Å². The quantitative estimate of drug-likeness (QED) is 0.553. The van der Waals surface area contributed by atoms with Crippen molar-refractivity contribution < 1.29 is 0 Å². The van der Waals surface area contributed by atoms with E-state index in [1.54, 1.807) is 0 Å². The molecule has 0 aromatic heterocycles. The smallest absolute Gasteiger partial charge is 0.132 e. The Morgan fingerprint density at radius 1 is 1.30 bits per heavy atom. The molecule has 52 valence electrons. The van der Waals surface area contributed by atoms with Crippen LogP contribution < -0.4 is 5.73 Å². The van der Waals surface area contributed by atoms with Gasteiger partial charge in [-0.3, -0.25) is 0 Å². The fraction of sp³-hybridized carbons (Fsp3) is 0.250. The highest BCUT2D eigenvalue weighted by atomic mass is 14.7. The third-order valence-electron chi connectivity index (χ3n) is 1.52. The third-order valence-corrected chi connectivity index (χ3v) is 1.52. The van der Waals surface area contributed by atoms with Crippen LogP contribution in [0.5, 0.6) is 0 Å². The van der Waals surface area contributed by atoms with Crippen LogP contribution in [-0.4, -0.2) is 7.85 Å². The molecule has 0 fully saturated rings. The lowest BCUT2D eigenvalue weighted by Gasteiger charge is -2.18. The Bertz CT molecular complexity index is 200. The lowest BCUT2D eigenvalue weighted by atomic mass is 9.75. The van der Waals surface area contributed by atoms with Gasteiger partial charge in [0.25, 0.3) is 0 Å². The van der Waals surface area contributed by atoms with Gasteiger partial charge in [-0.05, 0) is 5.56 Å². The predicted molar refractivity (Wildman–Crippen MR) is 46.5 cm³/mol. The van der Waals surface area contributed by atoms with E-state index < -0.39 is 0 Å². The van der Waals surface area contributed by atoms with Crippen molar-refractivity contribution >= 4 is 7.85 Å². The number of hydrogen-bond acceptors (Lipinski definition) is 1. The highest BCUT2D eigenvalue weighted by molar-refractivity contribution is 6.15. The Morgan fingerprint density at radius 2 is 1.80 bits per heavy atom. The summed E-state index contributed by atoms with van der Waals surface area (Å²) in [5.74, 6) is 0. The van der Waals surface area contributed by atoms with Crippen LogP contribution in [0.25, 0.3) is 0 Å². The van der Waals surface area contributed by atoms with Crippen molar-refractivity contribution in [1.82, 2.24) is 0 Å². The van der Waals surface area contributed by atoms with Crippen LogP contribution in [0.2, 0.25) is 0 Å². The van der Waals surface area contributed by atoms with Crippen LogP contribution >= 0.6 is 0 Å². The molecule has 0 spiro atoms. The van der Waals surface area contributed by atoms with E-state index in [0.29, 0.717) is 0 Å². The maximum atomic E-state index is 5.86. The Balaban J connectivity index is 2.97. The molecule has 1 nitrogen and oxygen atoms in total. The van der Waals surface area contributed by atoms with Gasteiger partial charge in [0, 0.05) is 5.44 Å². The zero-order valence-corrected chi connectivity index (χ0v) is 6.46. The van der Waals surface area contributed by atoms with E-state index in [1.165, 1.54) is 5.56 Å². The van der Waals surface area contributed by atoms with Gasteiger partial charge in [0.2, 0.25) is 0 Å². The molecule has 0 saturated heterocycles. The normalized spacial score (nSPS) is 16.2. The van der Waals surface area contributed by atoms with E-state index in [1.807, 2.05) is 45.1 Å². The Hall–Kier alpha value is -0.755. The van der Waals surface area contributed by atoms with Crippen LogP contribution in [0.3, 0.4) is 0 Å². The summed E-state index contributed by atoms with van der Waals surface area (Å²) in [6.45, 7) is 2.00. The van der Waals surface area contributed by atoms with Gasteiger partial charge in [-0.1, -0.05) is 37.3 Å². The van der Waals surface area contributed by atoms with Gasteiger partial charge < -0.3 is 5.73 Å². The average molecular weight is 133 g/mol. The first-order valence-corrected chi connectivity index (χ1v) is 3.45. The van der Waals surface area contributed by atoms with Crippen LogP contribution in [-0.2, 0) is 5.44 Å². The van der Waals surface area contributed by atoms with Gasteiger partial charge in [0.1, 0.15) is 7.85 Å². The number of hydrogen-bond donors (Lipinski definition) is 1. The summed E-state index contributed by atoms with van der Waals surface area (Å²) >= 11 is 0. The van der Waals surface area contributed by atoms with Gasteiger partial charge in [-0.25, -0.2) is 0 Å². The molecule has 0 aliphatic heterocycles. The molecule has 1 atom stereocenters. The van der Waals surface area contributed by atoms with E-state index in [-0.39, 0.29) is 5.44 Å². The zero-order valence-electron chi connectivity index (χ0n) is 6.46.